The monoisotopic (exact) mass is 236 g/mol. The van der Waals surface area contributed by atoms with E-state index in [1.165, 1.54) is 17.4 Å². The molecule has 1 heterocycles. The molecule has 0 saturated heterocycles. The first-order valence-corrected chi connectivity index (χ1v) is 5.24. The fourth-order valence-corrected chi connectivity index (χ4v) is 2.09. The number of hydrogen-bond acceptors (Lipinski definition) is 6. The summed E-state index contributed by atoms with van der Waals surface area (Å²) in [5.41, 5.74) is 6.82. The van der Waals surface area contributed by atoms with Gasteiger partial charge in [-0.25, -0.2) is 0 Å². The Morgan fingerprint density at radius 3 is 2.75 bits per heavy atom. The summed E-state index contributed by atoms with van der Waals surface area (Å²) in [6.45, 7) is 1.69. The molecule has 0 aliphatic rings. The summed E-state index contributed by atoms with van der Waals surface area (Å²) >= 11 is 1.21. The second-order valence-corrected chi connectivity index (χ2v) is 4.16. The van der Waals surface area contributed by atoms with E-state index in [9.17, 15) is 10.1 Å². The van der Waals surface area contributed by atoms with E-state index in [1.54, 1.807) is 19.1 Å². The second-order valence-electron chi connectivity index (χ2n) is 3.15. The predicted molar refractivity (Wildman–Crippen MR) is 61.1 cm³/mol. The van der Waals surface area contributed by atoms with Crippen LogP contribution in [0.1, 0.15) is 5.56 Å². The van der Waals surface area contributed by atoms with Crippen LogP contribution >= 0.6 is 11.3 Å². The van der Waals surface area contributed by atoms with Gasteiger partial charge in [-0.15, -0.1) is 10.2 Å². The summed E-state index contributed by atoms with van der Waals surface area (Å²) in [5, 5.41) is 19.3. The Balaban J connectivity index is 2.58. The van der Waals surface area contributed by atoms with Crippen LogP contribution in [0.2, 0.25) is 0 Å². The number of nitro groups is 1. The molecule has 2 rings (SSSR count). The summed E-state index contributed by atoms with van der Waals surface area (Å²) < 4.78 is 0. The van der Waals surface area contributed by atoms with Crippen molar-refractivity contribution >= 4 is 22.2 Å². The van der Waals surface area contributed by atoms with E-state index in [0.29, 0.717) is 21.3 Å². The van der Waals surface area contributed by atoms with Crippen LogP contribution in [0, 0.1) is 17.0 Å². The first kappa shape index (κ1) is 10.5. The first-order chi connectivity index (χ1) is 7.59. The van der Waals surface area contributed by atoms with Crippen molar-refractivity contribution in [1.29, 1.82) is 0 Å². The van der Waals surface area contributed by atoms with Gasteiger partial charge in [0.1, 0.15) is 5.01 Å². The molecule has 0 saturated carbocycles. The Morgan fingerprint density at radius 2 is 2.19 bits per heavy atom. The Bertz CT molecular complexity index is 552. The second kappa shape index (κ2) is 3.86. The summed E-state index contributed by atoms with van der Waals surface area (Å²) in [7, 11) is 0. The zero-order valence-electron chi connectivity index (χ0n) is 8.38. The number of aromatic nitrogens is 2. The fourth-order valence-electron chi connectivity index (χ4n) is 1.40. The highest BCUT2D eigenvalue weighted by Gasteiger charge is 2.16. The maximum Gasteiger partial charge on any atom is 0.273 e. The molecule has 16 heavy (non-hydrogen) atoms. The molecule has 0 atom stereocenters. The Labute approximate surface area is 94.9 Å². The highest BCUT2D eigenvalue weighted by Crippen LogP contribution is 2.31. The molecule has 2 aromatic rings. The van der Waals surface area contributed by atoms with Gasteiger partial charge in [-0.1, -0.05) is 23.5 Å². The SMILES string of the molecule is Cc1c(-c2nnc(N)s2)cccc1[N+](=O)[O-]. The van der Waals surface area contributed by atoms with Crippen LogP contribution in [0.4, 0.5) is 10.8 Å². The zero-order valence-corrected chi connectivity index (χ0v) is 9.19. The Hall–Kier alpha value is -2.02. The van der Waals surface area contributed by atoms with Gasteiger partial charge in [0, 0.05) is 17.2 Å². The highest BCUT2D eigenvalue weighted by atomic mass is 32.1. The van der Waals surface area contributed by atoms with Gasteiger partial charge in [0.2, 0.25) is 5.13 Å². The molecular formula is C9H8N4O2S. The molecule has 0 spiro atoms. The topological polar surface area (TPSA) is 94.9 Å². The quantitative estimate of drug-likeness (QED) is 0.635. The van der Waals surface area contributed by atoms with Crippen LogP contribution < -0.4 is 5.73 Å². The number of benzene rings is 1. The molecular weight excluding hydrogens is 228 g/mol. The van der Waals surface area contributed by atoms with Crippen LogP contribution in [0.3, 0.4) is 0 Å². The number of nitro benzene ring substituents is 1. The van der Waals surface area contributed by atoms with E-state index in [-0.39, 0.29) is 5.69 Å². The number of nitrogen functional groups attached to an aromatic ring is 1. The van der Waals surface area contributed by atoms with Gasteiger partial charge in [-0.05, 0) is 6.92 Å². The van der Waals surface area contributed by atoms with E-state index < -0.39 is 4.92 Å². The van der Waals surface area contributed by atoms with Gasteiger partial charge < -0.3 is 5.73 Å². The van der Waals surface area contributed by atoms with Crippen molar-refractivity contribution in [1.82, 2.24) is 10.2 Å². The van der Waals surface area contributed by atoms with Crippen molar-refractivity contribution in [2.75, 3.05) is 5.73 Å². The molecule has 0 amide bonds. The lowest BCUT2D eigenvalue weighted by Gasteiger charge is -2.01. The molecule has 0 bridgehead atoms. The van der Waals surface area contributed by atoms with Crippen molar-refractivity contribution < 1.29 is 4.92 Å². The van der Waals surface area contributed by atoms with Crippen molar-refractivity contribution in [2.45, 2.75) is 6.92 Å². The van der Waals surface area contributed by atoms with E-state index in [0.717, 1.165) is 0 Å². The van der Waals surface area contributed by atoms with Crippen molar-refractivity contribution in [3.05, 3.63) is 33.9 Å². The molecule has 7 heteroatoms. The van der Waals surface area contributed by atoms with Crippen molar-refractivity contribution in [3.63, 3.8) is 0 Å². The number of nitrogens with zero attached hydrogens (tertiary/aromatic N) is 3. The smallest absolute Gasteiger partial charge is 0.273 e. The predicted octanol–water partition coefficient (Wildman–Crippen LogP) is 2.00. The van der Waals surface area contributed by atoms with Gasteiger partial charge in [0.05, 0.1) is 4.92 Å². The third-order valence-corrected chi connectivity index (χ3v) is 2.96. The minimum atomic E-state index is -0.413. The molecule has 2 N–H and O–H groups in total. The normalized spacial score (nSPS) is 10.3. The Kier molecular flexibility index (Phi) is 2.53. The summed E-state index contributed by atoms with van der Waals surface area (Å²) in [4.78, 5) is 10.3. The summed E-state index contributed by atoms with van der Waals surface area (Å²) in [6.07, 6.45) is 0. The molecule has 0 radical (unpaired) electrons. The van der Waals surface area contributed by atoms with Gasteiger partial charge in [0.15, 0.2) is 0 Å². The summed E-state index contributed by atoms with van der Waals surface area (Å²) in [6, 6.07) is 4.85. The van der Waals surface area contributed by atoms with E-state index in [4.69, 9.17) is 5.73 Å². The van der Waals surface area contributed by atoms with Crippen molar-refractivity contribution in [3.8, 4) is 10.6 Å². The van der Waals surface area contributed by atoms with Gasteiger partial charge >= 0.3 is 0 Å². The fraction of sp³-hybridized carbons (Fsp3) is 0.111. The number of hydrogen-bond donors (Lipinski definition) is 1. The largest absolute Gasteiger partial charge is 0.374 e. The lowest BCUT2D eigenvalue weighted by molar-refractivity contribution is -0.385. The van der Waals surface area contributed by atoms with E-state index in [1.807, 2.05) is 0 Å². The van der Waals surface area contributed by atoms with Gasteiger partial charge in [-0.2, -0.15) is 0 Å². The average molecular weight is 236 g/mol. The Morgan fingerprint density at radius 1 is 1.44 bits per heavy atom. The van der Waals surface area contributed by atoms with Crippen LogP contribution in [0.5, 0.6) is 0 Å². The van der Waals surface area contributed by atoms with E-state index in [2.05, 4.69) is 10.2 Å². The lowest BCUT2D eigenvalue weighted by atomic mass is 10.1. The molecule has 0 aliphatic carbocycles. The lowest BCUT2D eigenvalue weighted by Crippen LogP contribution is -1.93. The molecule has 82 valence electrons. The average Bonchev–Trinajstić information content (AvgIpc) is 2.64. The van der Waals surface area contributed by atoms with Gasteiger partial charge in [-0.3, -0.25) is 10.1 Å². The molecule has 1 aromatic carbocycles. The molecule has 0 aliphatic heterocycles. The van der Waals surface area contributed by atoms with E-state index >= 15 is 0 Å². The maximum absolute atomic E-state index is 10.8. The summed E-state index contributed by atoms with van der Waals surface area (Å²) in [5.74, 6) is 0. The molecule has 6 nitrogen and oxygen atoms in total. The zero-order chi connectivity index (χ0) is 11.7. The maximum atomic E-state index is 10.8. The number of anilines is 1. The van der Waals surface area contributed by atoms with Crippen molar-refractivity contribution in [2.24, 2.45) is 0 Å². The van der Waals surface area contributed by atoms with Gasteiger partial charge in [0.25, 0.3) is 5.69 Å². The third-order valence-electron chi connectivity index (χ3n) is 2.17. The highest BCUT2D eigenvalue weighted by molar-refractivity contribution is 7.18. The molecule has 0 unspecified atom stereocenters. The third kappa shape index (κ3) is 1.72. The first-order valence-electron chi connectivity index (χ1n) is 4.43. The minimum absolute atomic E-state index is 0.0753. The van der Waals surface area contributed by atoms with Crippen LogP contribution in [0.25, 0.3) is 10.6 Å². The number of rotatable bonds is 2. The van der Waals surface area contributed by atoms with Crippen LogP contribution in [-0.4, -0.2) is 15.1 Å². The minimum Gasteiger partial charge on any atom is -0.374 e. The number of nitrogens with two attached hydrogens (primary N) is 1. The molecule has 1 aromatic heterocycles. The standard InChI is InChI=1S/C9H8N4O2S/c1-5-6(8-11-12-9(10)16-8)3-2-4-7(5)13(14)15/h2-4H,1H3,(H2,10,12). The molecule has 0 fully saturated rings. The van der Waals surface area contributed by atoms with Crippen LogP contribution in [-0.2, 0) is 0 Å². The van der Waals surface area contributed by atoms with Crippen LogP contribution in [0.15, 0.2) is 18.2 Å².